The van der Waals surface area contributed by atoms with Crippen molar-refractivity contribution in [2.75, 3.05) is 18.5 Å². The Morgan fingerprint density at radius 1 is 1.21 bits per heavy atom. The van der Waals surface area contributed by atoms with E-state index in [1.54, 1.807) is 31.2 Å². The summed E-state index contributed by atoms with van der Waals surface area (Å²) < 4.78 is 5.10. The van der Waals surface area contributed by atoms with Crippen molar-refractivity contribution >= 4 is 23.4 Å². The standard InChI is InChI=1S/C21H26N4O3/c1-3-15-9-7-8-12-25(15)20(26)18-13-19(23-14-22-18)24-17-11-6-5-10-16(17)21(27)28-4-2/h5-6,10-11,13-15H,3-4,7-9,12H2,1-2H3,(H,22,23,24). The monoisotopic (exact) mass is 382 g/mol. The molecule has 1 aliphatic rings. The maximum atomic E-state index is 13.0. The van der Waals surface area contributed by atoms with Gasteiger partial charge in [0.2, 0.25) is 0 Å². The highest BCUT2D eigenvalue weighted by Crippen LogP contribution is 2.23. The second-order valence-electron chi connectivity index (χ2n) is 6.74. The molecule has 0 aliphatic carbocycles. The van der Waals surface area contributed by atoms with Gasteiger partial charge in [-0.2, -0.15) is 0 Å². The summed E-state index contributed by atoms with van der Waals surface area (Å²) in [6.07, 6.45) is 5.52. The Bertz CT molecular complexity index is 840. The van der Waals surface area contributed by atoms with E-state index < -0.39 is 5.97 Å². The maximum absolute atomic E-state index is 13.0. The molecule has 0 radical (unpaired) electrons. The van der Waals surface area contributed by atoms with Gasteiger partial charge in [-0.1, -0.05) is 19.1 Å². The van der Waals surface area contributed by atoms with Gasteiger partial charge in [0, 0.05) is 18.7 Å². The number of piperidine rings is 1. The highest BCUT2D eigenvalue weighted by Gasteiger charge is 2.27. The quantitative estimate of drug-likeness (QED) is 0.765. The van der Waals surface area contributed by atoms with Crippen molar-refractivity contribution < 1.29 is 14.3 Å². The van der Waals surface area contributed by atoms with Crippen LogP contribution < -0.4 is 5.32 Å². The number of esters is 1. The van der Waals surface area contributed by atoms with Crippen LogP contribution in [0.1, 0.15) is 60.4 Å². The Hall–Kier alpha value is -2.96. The third kappa shape index (κ3) is 4.47. The van der Waals surface area contributed by atoms with Gasteiger partial charge < -0.3 is 15.0 Å². The Kier molecular flexibility index (Phi) is 6.57. The van der Waals surface area contributed by atoms with Gasteiger partial charge in [0.15, 0.2) is 0 Å². The molecule has 1 amide bonds. The van der Waals surface area contributed by atoms with Gasteiger partial charge in [0.1, 0.15) is 17.8 Å². The predicted molar refractivity (Wildman–Crippen MR) is 107 cm³/mol. The minimum Gasteiger partial charge on any atom is -0.462 e. The molecular formula is C21H26N4O3. The maximum Gasteiger partial charge on any atom is 0.340 e. The number of benzene rings is 1. The van der Waals surface area contributed by atoms with E-state index in [1.807, 2.05) is 11.0 Å². The summed E-state index contributed by atoms with van der Waals surface area (Å²) in [7, 11) is 0. The van der Waals surface area contributed by atoms with Crippen LogP contribution in [0.5, 0.6) is 0 Å². The minimum atomic E-state index is -0.407. The van der Waals surface area contributed by atoms with Crippen LogP contribution in [0.2, 0.25) is 0 Å². The Morgan fingerprint density at radius 3 is 2.82 bits per heavy atom. The van der Waals surface area contributed by atoms with Crippen LogP contribution in [0.4, 0.5) is 11.5 Å². The van der Waals surface area contributed by atoms with Gasteiger partial charge in [0.05, 0.1) is 17.9 Å². The van der Waals surface area contributed by atoms with E-state index in [-0.39, 0.29) is 11.9 Å². The molecule has 1 aromatic carbocycles. The molecule has 0 saturated carbocycles. The SMILES string of the molecule is CCOC(=O)c1ccccc1Nc1cc(C(=O)N2CCCCC2CC)ncn1. The number of aromatic nitrogens is 2. The second kappa shape index (κ2) is 9.30. The van der Waals surface area contributed by atoms with Gasteiger partial charge in [0.25, 0.3) is 5.91 Å². The number of anilines is 2. The minimum absolute atomic E-state index is 0.0734. The van der Waals surface area contributed by atoms with Crippen molar-refractivity contribution in [3.8, 4) is 0 Å². The zero-order valence-electron chi connectivity index (χ0n) is 16.4. The van der Waals surface area contributed by atoms with E-state index in [0.29, 0.717) is 29.4 Å². The fourth-order valence-corrected chi connectivity index (χ4v) is 3.50. The van der Waals surface area contributed by atoms with Crippen LogP contribution in [0.25, 0.3) is 0 Å². The number of amides is 1. The molecule has 1 atom stereocenters. The van der Waals surface area contributed by atoms with Gasteiger partial charge in [-0.05, 0) is 44.7 Å². The summed E-state index contributed by atoms with van der Waals surface area (Å²) in [5, 5.41) is 3.11. The van der Waals surface area contributed by atoms with Gasteiger partial charge in [-0.25, -0.2) is 14.8 Å². The smallest absolute Gasteiger partial charge is 0.340 e. The molecule has 28 heavy (non-hydrogen) atoms. The van der Waals surface area contributed by atoms with Crippen molar-refractivity contribution in [1.29, 1.82) is 0 Å². The van der Waals surface area contributed by atoms with Crippen LogP contribution in [0, 0.1) is 0 Å². The highest BCUT2D eigenvalue weighted by atomic mass is 16.5. The van der Waals surface area contributed by atoms with E-state index >= 15 is 0 Å². The van der Waals surface area contributed by atoms with Gasteiger partial charge in [-0.3, -0.25) is 4.79 Å². The molecule has 0 spiro atoms. The van der Waals surface area contributed by atoms with E-state index in [0.717, 1.165) is 32.2 Å². The number of ether oxygens (including phenoxy) is 1. The van der Waals surface area contributed by atoms with Crippen LogP contribution in [-0.2, 0) is 4.74 Å². The summed E-state index contributed by atoms with van der Waals surface area (Å²) in [6, 6.07) is 8.94. The number of carbonyl (C=O) groups excluding carboxylic acids is 2. The number of para-hydroxylation sites is 1. The number of likely N-dealkylation sites (tertiary alicyclic amines) is 1. The van der Waals surface area contributed by atoms with Crippen molar-refractivity contribution in [3.05, 3.63) is 47.9 Å². The lowest BCUT2D eigenvalue weighted by Gasteiger charge is -2.35. The third-order valence-electron chi connectivity index (χ3n) is 4.93. The molecule has 1 N–H and O–H groups in total. The zero-order chi connectivity index (χ0) is 19.9. The second-order valence-corrected chi connectivity index (χ2v) is 6.74. The van der Waals surface area contributed by atoms with Crippen LogP contribution >= 0.6 is 0 Å². The zero-order valence-corrected chi connectivity index (χ0v) is 16.4. The van der Waals surface area contributed by atoms with Crippen molar-refractivity contribution in [1.82, 2.24) is 14.9 Å². The van der Waals surface area contributed by atoms with E-state index in [1.165, 1.54) is 6.33 Å². The normalized spacial score (nSPS) is 16.5. The molecule has 3 rings (SSSR count). The molecule has 0 bridgehead atoms. The summed E-state index contributed by atoms with van der Waals surface area (Å²) in [4.78, 5) is 35.4. The van der Waals surface area contributed by atoms with Crippen LogP contribution in [-0.4, -0.2) is 45.9 Å². The number of carbonyl (C=O) groups is 2. The predicted octanol–water partition coefficient (Wildman–Crippen LogP) is 3.80. The lowest BCUT2D eigenvalue weighted by atomic mass is 9.99. The molecule has 1 saturated heterocycles. The van der Waals surface area contributed by atoms with E-state index in [2.05, 4.69) is 22.2 Å². The Balaban J connectivity index is 1.81. The average molecular weight is 382 g/mol. The van der Waals surface area contributed by atoms with Crippen molar-refractivity contribution in [3.63, 3.8) is 0 Å². The number of hydrogen-bond acceptors (Lipinski definition) is 6. The first kappa shape index (κ1) is 19.8. The molecule has 1 fully saturated rings. The molecule has 1 aromatic heterocycles. The summed E-state index contributed by atoms with van der Waals surface area (Å²) in [5.74, 6) is -0.0223. The number of rotatable bonds is 6. The summed E-state index contributed by atoms with van der Waals surface area (Å²) in [5.41, 5.74) is 1.34. The van der Waals surface area contributed by atoms with E-state index in [4.69, 9.17) is 4.74 Å². The average Bonchev–Trinajstić information content (AvgIpc) is 2.74. The Labute approximate surface area is 165 Å². The van der Waals surface area contributed by atoms with Crippen LogP contribution in [0.15, 0.2) is 36.7 Å². The van der Waals surface area contributed by atoms with Crippen molar-refractivity contribution in [2.24, 2.45) is 0 Å². The summed E-state index contributed by atoms with van der Waals surface area (Å²) >= 11 is 0. The first-order chi connectivity index (χ1) is 13.6. The fourth-order valence-electron chi connectivity index (χ4n) is 3.50. The Morgan fingerprint density at radius 2 is 2.04 bits per heavy atom. The van der Waals surface area contributed by atoms with Crippen molar-refractivity contribution in [2.45, 2.75) is 45.6 Å². The fraction of sp³-hybridized carbons (Fsp3) is 0.429. The molecule has 7 heteroatoms. The van der Waals surface area contributed by atoms with Crippen LogP contribution in [0.3, 0.4) is 0 Å². The molecule has 7 nitrogen and oxygen atoms in total. The largest absolute Gasteiger partial charge is 0.462 e. The molecule has 2 heterocycles. The molecule has 2 aromatic rings. The molecule has 1 unspecified atom stereocenters. The van der Waals surface area contributed by atoms with Gasteiger partial charge in [-0.15, -0.1) is 0 Å². The molecular weight excluding hydrogens is 356 g/mol. The number of nitrogens with zero attached hydrogens (tertiary/aromatic N) is 3. The number of hydrogen-bond donors (Lipinski definition) is 1. The lowest BCUT2D eigenvalue weighted by molar-refractivity contribution is 0.0526. The third-order valence-corrected chi connectivity index (χ3v) is 4.93. The topological polar surface area (TPSA) is 84.4 Å². The molecule has 1 aliphatic heterocycles. The van der Waals surface area contributed by atoms with E-state index in [9.17, 15) is 9.59 Å². The number of nitrogens with one attached hydrogen (secondary N) is 1. The summed E-state index contributed by atoms with van der Waals surface area (Å²) in [6.45, 7) is 4.93. The molecule has 148 valence electrons. The highest BCUT2D eigenvalue weighted by molar-refractivity contribution is 5.97. The lowest BCUT2D eigenvalue weighted by Crippen LogP contribution is -2.43. The first-order valence-electron chi connectivity index (χ1n) is 9.80. The first-order valence-corrected chi connectivity index (χ1v) is 9.80. The van der Waals surface area contributed by atoms with Gasteiger partial charge >= 0.3 is 5.97 Å².